The van der Waals surface area contributed by atoms with Crippen molar-refractivity contribution >= 4 is 17.3 Å². The fraction of sp³-hybridized carbons (Fsp3) is 0.278. The lowest BCUT2D eigenvalue weighted by Gasteiger charge is -2.24. The van der Waals surface area contributed by atoms with Crippen LogP contribution < -0.4 is 16.0 Å². The molecule has 2 aromatic rings. The number of nitrogens with zero attached hydrogens (tertiary/aromatic N) is 1. The Morgan fingerprint density at radius 3 is 2.64 bits per heavy atom. The van der Waals surface area contributed by atoms with Crippen LogP contribution in [0.3, 0.4) is 0 Å². The van der Waals surface area contributed by atoms with Gasteiger partial charge in [0.1, 0.15) is 0 Å². The van der Waals surface area contributed by atoms with Crippen LogP contribution in [0, 0.1) is 0 Å². The first kappa shape index (κ1) is 14.6. The Kier molecular flexibility index (Phi) is 4.11. The molecule has 3 N–H and O–H groups in total. The third-order valence-electron chi connectivity index (χ3n) is 4.23. The van der Waals surface area contributed by atoms with Crippen molar-refractivity contribution in [1.82, 2.24) is 5.32 Å². The summed E-state index contributed by atoms with van der Waals surface area (Å²) >= 11 is 0. The summed E-state index contributed by atoms with van der Waals surface area (Å²) in [4.78, 5) is 14.8. The first-order valence-corrected chi connectivity index (χ1v) is 7.64. The minimum Gasteiger partial charge on any atom is -0.399 e. The molecule has 1 aliphatic heterocycles. The molecule has 0 spiro atoms. The van der Waals surface area contributed by atoms with Gasteiger partial charge in [-0.2, -0.15) is 0 Å². The summed E-state index contributed by atoms with van der Waals surface area (Å²) in [6.45, 7) is 0.735. The smallest absolute Gasteiger partial charge is 0.258 e. The fourth-order valence-electron chi connectivity index (χ4n) is 3.05. The third-order valence-corrected chi connectivity index (χ3v) is 4.23. The molecule has 0 radical (unpaired) electrons. The average molecular weight is 295 g/mol. The van der Waals surface area contributed by atoms with E-state index in [1.807, 2.05) is 30.1 Å². The van der Waals surface area contributed by atoms with Crippen LogP contribution in [-0.4, -0.2) is 19.5 Å². The van der Waals surface area contributed by atoms with E-state index in [1.54, 1.807) is 24.3 Å². The van der Waals surface area contributed by atoms with Crippen molar-refractivity contribution in [2.75, 3.05) is 24.2 Å². The maximum atomic E-state index is 12.9. The molecule has 114 valence electrons. The Bertz CT molecular complexity index is 666. The number of fused-ring (bicyclic) bond motifs is 1. The molecule has 0 saturated heterocycles. The summed E-state index contributed by atoms with van der Waals surface area (Å²) < 4.78 is 0. The molecule has 1 amide bonds. The van der Waals surface area contributed by atoms with Gasteiger partial charge in [0, 0.05) is 29.5 Å². The summed E-state index contributed by atoms with van der Waals surface area (Å²) in [5, 5.41) is 3.35. The molecule has 0 unspecified atom stereocenters. The van der Waals surface area contributed by atoms with Gasteiger partial charge >= 0.3 is 0 Å². The lowest BCUT2D eigenvalue weighted by Crippen LogP contribution is -2.31. The zero-order chi connectivity index (χ0) is 15.5. The Morgan fingerprint density at radius 1 is 1.18 bits per heavy atom. The number of nitrogens with one attached hydrogen (secondary N) is 1. The molecule has 0 bridgehead atoms. The second-order valence-corrected chi connectivity index (χ2v) is 5.62. The third kappa shape index (κ3) is 2.70. The van der Waals surface area contributed by atoms with Crippen molar-refractivity contribution in [2.24, 2.45) is 0 Å². The van der Waals surface area contributed by atoms with Gasteiger partial charge in [0.05, 0.1) is 0 Å². The van der Waals surface area contributed by atoms with Crippen LogP contribution in [0.2, 0.25) is 0 Å². The molecule has 0 aromatic heterocycles. The number of hydrogen-bond acceptors (Lipinski definition) is 3. The molecule has 1 atom stereocenters. The first-order chi connectivity index (χ1) is 10.7. The molecule has 22 heavy (non-hydrogen) atoms. The topological polar surface area (TPSA) is 58.4 Å². The normalized spacial score (nSPS) is 17.7. The molecule has 1 aliphatic rings. The number of benzene rings is 2. The Morgan fingerprint density at radius 2 is 1.91 bits per heavy atom. The van der Waals surface area contributed by atoms with E-state index >= 15 is 0 Å². The molecular formula is C18H21N3O. The maximum absolute atomic E-state index is 12.9. The summed E-state index contributed by atoms with van der Waals surface area (Å²) in [5.41, 5.74) is 9.24. The second kappa shape index (κ2) is 6.20. The van der Waals surface area contributed by atoms with E-state index in [-0.39, 0.29) is 5.91 Å². The number of hydrogen-bond donors (Lipinski definition) is 2. The number of para-hydroxylation sites is 1. The predicted octanol–water partition coefficient (Wildman–Crippen LogP) is 2.97. The van der Waals surface area contributed by atoms with E-state index in [9.17, 15) is 4.79 Å². The minimum atomic E-state index is 0.0317. The van der Waals surface area contributed by atoms with Gasteiger partial charge in [-0.05, 0) is 55.8 Å². The van der Waals surface area contributed by atoms with Gasteiger partial charge in [-0.3, -0.25) is 4.79 Å². The summed E-state index contributed by atoms with van der Waals surface area (Å²) in [7, 11) is 1.97. The molecule has 4 nitrogen and oxygen atoms in total. The number of carbonyl (C=O) groups is 1. The van der Waals surface area contributed by atoms with Crippen molar-refractivity contribution in [3.63, 3.8) is 0 Å². The van der Waals surface area contributed by atoms with E-state index in [0.29, 0.717) is 17.3 Å². The maximum Gasteiger partial charge on any atom is 0.258 e. The molecule has 0 fully saturated rings. The largest absolute Gasteiger partial charge is 0.399 e. The second-order valence-electron chi connectivity index (χ2n) is 5.62. The van der Waals surface area contributed by atoms with Crippen molar-refractivity contribution < 1.29 is 4.79 Å². The number of carbonyl (C=O) groups excluding carboxylic acids is 1. The lowest BCUT2D eigenvalue weighted by atomic mass is 10.0. The Balaban J connectivity index is 1.99. The predicted molar refractivity (Wildman–Crippen MR) is 90.0 cm³/mol. The van der Waals surface area contributed by atoms with Gasteiger partial charge in [0.2, 0.25) is 0 Å². The van der Waals surface area contributed by atoms with Crippen LogP contribution in [0.15, 0.2) is 48.5 Å². The van der Waals surface area contributed by atoms with Crippen LogP contribution in [0.1, 0.15) is 34.8 Å². The van der Waals surface area contributed by atoms with Crippen molar-refractivity contribution in [3.05, 3.63) is 59.7 Å². The lowest BCUT2D eigenvalue weighted by molar-refractivity contribution is 0.0987. The highest BCUT2D eigenvalue weighted by Crippen LogP contribution is 2.33. The molecule has 0 saturated carbocycles. The number of anilines is 2. The minimum absolute atomic E-state index is 0.0317. The molecule has 3 rings (SSSR count). The molecular weight excluding hydrogens is 274 g/mol. The zero-order valence-corrected chi connectivity index (χ0v) is 12.8. The van der Waals surface area contributed by atoms with Crippen LogP contribution in [-0.2, 0) is 0 Å². The molecule has 0 aliphatic carbocycles. The van der Waals surface area contributed by atoms with Crippen molar-refractivity contribution in [1.29, 1.82) is 0 Å². The van der Waals surface area contributed by atoms with E-state index in [0.717, 1.165) is 25.1 Å². The molecule has 2 aromatic carbocycles. The van der Waals surface area contributed by atoms with E-state index < -0.39 is 0 Å². The Labute approximate surface area is 130 Å². The zero-order valence-electron chi connectivity index (χ0n) is 12.8. The van der Waals surface area contributed by atoms with Crippen LogP contribution in [0.4, 0.5) is 11.4 Å². The highest BCUT2D eigenvalue weighted by Gasteiger charge is 2.26. The van der Waals surface area contributed by atoms with Gasteiger partial charge in [-0.15, -0.1) is 0 Å². The number of nitrogen functional groups attached to an aromatic ring is 1. The molecule has 1 heterocycles. The van der Waals surface area contributed by atoms with E-state index in [1.165, 1.54) is 5.56 Å². The van der Waals surface area contributed by atoms with Gasteiger partial charge in [-0.1, -0.05) is 18.2 Å². The van der Waals surface area contributed by atoms with Crippen molar-refractivity contribution in [3.8, 4) is 0 Å². The quantitative estimate of drug-likeness (QED) is 0.837. The highest BCUT2D eigenvalue weighted by molar-refractivity contribution is 6.06. The number of rotatable bonds is 2. The van der Waals surface area contributed by atoms with Crippen LogP contribution in [0.25, 0.3) is 0 Å². The van der Waals surface area contributed by atoms with Crippen molar-refractivity contribution in [2.45, 2.75) is 18.9 Å². The number of amides is 1. The average Bonchev–Trinajstić information content (AvgIpc) is 2.74. The summed E-state index contributed by atoms with van der Waals surface area (Å²) in [6, 6.07) is 15.6. The first-order valence-electron chi connectivity index (χ1n) is 7.64. The summed E-state index contributed by atoms with van der Waals surface area (Å²) in [6.07, 6.45) is 2.00. The number of nitrogens with two attached hydrogens (primary N) is 1. The van der Waals surface area contributed by atoms with E-state index in [2.05, 4.69) is 11.4 Å². The van der Waals surface area contributed by atoms with Gasteiger partial charge in [-0.25, -0.2) is 0 Å². The summed E-state index contributed by atoms with van der Waals surface area (Å²) in [5.74, 6) is 0.0317. The van der Waals surface area contributed by atoms with E-state index in [4.69, 9.17) is 5.73 Å². The SMILES string of the molecule is CN[C@H]1CCCN(C(=O)c2ccc(N)cc2)c2ccccc21. The molecule has 4 heteroatoms. The van der Waals surface area contributed by atoms with Gasteiger partial charge in [0.25, 0.3) is 5.91 Å². The fourth-order valence-corrected chi connectivity index (χ4v) is 3.05. The monoisotopic (exact) mass is 295 g/mol. The van der Waals surface area contributed by atoms with Gasteiger partial charge < -0.3 is 16.0 Å². The van der Waals surface area contributed by atoms with Crippen LogP contribution >= 0.6 is 0 Å². The standard InChI is InChI=1S/C18H21N3O/c1-20-16-6-4-12-21(17-7-3-2-5-15(16)17)18(22)13-8-10-14(19)11-9-13/h2-3,5,7-11,16,20H,4,6,12,19H2,1H3/t16-/m0/s1. The van der Waals surface area contributed by atoms with Gasteiger partial charge in [0.15, 0.2) is 0 Å². The van der Waals surface area contributed by atoms with Crippen LogP contribution in [0.5, 0.6) is 0 Å². The Hall–Kier alpha value is -2.33. The highest BCUT2D eigenvalue weighted by atomic mass is 16.2.